The van der Waals surface area contributed by atoms with Crippen molar-refractivity contribution in [3.8, 4) is 22.9 Å². The van der Waals surface area contributed by atoms with E-state index in [1.54, 1.807) is 13.3 Å². The second-order valence-corrected chi connectivity index (χ2v) is 8.97. The van der Waals surface area contributed by atoms with Gasteiger partial charge < -0.3 is 14.5 Å². The van der Waals surface area contributed by atoms with Crippen LogP contribution in [0, 0.1) is 11.3 Å². The number of methoxy groups -OCH3 is 1. The molecule has 1 aliphatic rings. The number of anilines is 2. The third-order valence-electron chi connectivity index (χ3n) is 6.67. The molecule has 0 unspecified atom stereocenters. The average molecular weight is 512 g/mol. The number of rotatable bonds is 8. The van der Waals surface area contributed by atoms with Crippen LogP contribution < -0.4 is 15.5 Å². The lowest BCUT2D eigenvalue weighted by Gasteiger charge is -2.35. The maximum atomic E-state index is 12.6. The fraction of sp³-hybridized carbons (Fsp3) is 0.333. The van der Waals surface area contributed by atoms with Crippen molar-refractivity contribution < 1.29 is 4.74 Å². The average Bonchev–Trinajstić information content (AvgIpc) is 3.35. The van der Waals surface area contributed by atoms with Crippen molar-refractivity contribution in [1.82, 2.24) is 29.3 Å². The van der Waals surface area contributed by atoms with Crippen molar-refractivity contribution in [2.24, 2.45) is 0 Å². The highest BCUT2D eigenvalue weighted by atomic mass is 16.5. The molecule has 11 heteroatoms. The van der Waals surface area contributed by atoms with Crippen LogP contribution in [0.25, 0.3) is 16.8 Å². The molecule has 0 spiro atoms. The second-order valence-electron chi connectivity index (χ2n) is 8.97. The summed E-state index contributed by atoms with van der Waals surface area (Å²) in [5.41, 5.74) is 3.87. The number of aryl methyl sites for hydroxylation is 1. The van der Waals surface area contributed by atoms with Gasteiger partial charge in [0.05, 0.1) is 24.4 Å². The van der Waals surface area contributed by atoms with Crippen LogP contribution in [0.3, 0.4) is 0 Å². The third kappa shape index (κ3) is 5.12. The number of pyridine rings is 1. The van der Waals surface area contributed by atoms with Crippen molar-refractivity contribution in [1.29, 1.82) is 5.26 Å². The van der Waals surface area contributed by atoms with Crippen LogP contribution >= 0.6 is 0 Å². The molecule has 0 amide bonds. The first-order chi connectivity index (χ1) is 18.6. The molecule has 0 radical (unpaired) electrons. The molecule has 11 nitrogen and oxygen atoms in total. The number of ether oxygens (including phenoxy) is 1. The van der Waals surface area contributed by atoms with E-state index in [1.807, 2.05) is 42.7 Å². The molecule has 4 heterocycles. The molecule has 38 heavy (non-hydrogen) atoms. The first kappa shape index (κ1) is 25.1. The lowest BCUT2D eigenvalue weighted by molar-refractivity contribution is 0.182. The van der Waals surface area contributed by atoms with Crippen LogP contribution in [0.15, 0.2) is 60.0 Å². The van der Waals surface area contributed by atoms with E-state index >= 15 is 0 Å². The van der Waals surface area contributed by atoms with Gasteiger partial charge in [-0.1, -0.05) is 19.1 Å². The van der Waals surface area contributed by atoms with Crippen LogP contribution in [0.1, 0.15) is 18.1 Å². The number of hydrogen-bond donors (Lipinski definition) is 0. The normalized spacial score (nSPS) is 13.5. The summed E-state index contributed by atoms with van der Waals surface area (Å²) in [6, 6.07) is 11.7. The lowest BCUT2D eigenvalue weighted by atomic mass is 10.0. The van der Waals surface area contributed by atoms with E-state index in [4.69, 9.17) is 4.74 Å². The van der Waals surface area contributed by atoms with Crippen LogP contribution in [0.4, 0.5) is 11.8 Å². The quantitative estimate of drug-likeness (QED) is 0.351. The topological polar surface area (TPSA) is 118 Å². The maximum Gasteiger partial charge on any atom is 0.350 e. The molecular formula is C27H29N9O2. The zero-order valence-electron chi connectivity index (χ0n) is 21.5. The maximum absolute atomic E-state index is 12.6. The number of piperazine rings is 1. The molecule has 4 aromatic rings. The summed E-state index contributed by atoms with van der Waals surface area (Å²) in [5, 5.41) is 14.0. The summed E-state index contributed by atoms with van der Waals surface area (Å²) in [4.78, 5) is 30.5. The van der Waals surface area contributed by atoms with Gasteiger partial charge in [-0.15, -0.1) is 0 Å². The fourth-order valence-corrected chi connectivity index (χ4v) is 4.42. The summed E-state index contributed by atoms with van der Waals surface area (Å²) in [6.07, 6.45) is 7.97. The smallest absolute Gasteiger partial charge is 0.350 e. The first-order valence-electron chi connectivity index (χ1n) is 12.6. The van der Waals surface area contributed by atoms with Gasteiger partial charge in [-0.2, -0.15) is 10.4 Å². The van der Waals surface area contributed by atoms with Crippen molar-refractivity contribution in [3.63, 3.8) is 0 Å². The molecule has 0 aliphatic carbocycles. The number of aromatic nitrogens is 6. The summed E-state index contributed by atoms with van der Waals surface area (Å²) < 4.78 is 7.89. The first-order valence-corrected chi connectivity index (χ1v) is 12.6. The Morgan fingerprint density at radius 2 is 1.68 bits per heavy atom. The highest BCUT2D eigenvalue weighted by molar-refractivity contribution is 5.69. The zero-order chi connectivity index (χ0) is 26.5. The van der Waals surface area contributed by atoms with E-state index < -0.39 is 0 Å². The van der Waals surface area contributed by atoms with E-state index in [1.165, 1.54) is 15.6 Å². The fourth-order valence-electron chi connectivity index (χ4n) is 4.42. The molecular weight excluding hydrogens is 482 g/mol. The molecule has 0 N–H and O–H groups in total. The number of nitrogens with zero attached hydrogens (tertiary/aromatic N) is 9. The Labute approximate surface area is 220 Å². The van der Waals surface area contributed by atoms with Crippen molar-refractivity contribution >= 4 is 11.8 Å². The predicted octanol–water partition coefficient (Wildman–Crippen LogP) is 2.29. The molecule has 1 aromatic carbocycles. The molecule has 5 rings (SSSR count). The van der Waals surface area contributed by atoms with Crippen LogP contribution in [-0.2, 0) is 17.7 Å². The van der Waals surface area contributed by atoms with Gasteiger partial charge >= 0.3 is 5.69 Å². The van der Waals surface area contributed by atoms with Crippen LogP contribution in [-0.4, -0.2) is 69.2 Å². The standard InChI is InChI=1S/C27H29N9O2/c1-3-20-16-30-26(31-17-20)34-10-8-33(9-11-34)25-22(15-28)14-23(18-29-25)21-4-6-24(7-5-21)35-19-32-36(27(35)37)12-13-38-2/h4-7,14,16-19H,3,8-13H2,1-2H3. The molecule has 0 atom stereocenters. The van der Waals surface area contributed by atoms with Gasteiger partial charge in [-0.05, 0) is 35.7 Å². The van der Waals surface area contributed by atoms with Crippen LogP contribution in [0.2, 0.25) is 0 Å². The zero-order valence-corrected chi connectivity index (χ0v) is 21.5. The van der Waals surface area contributed by atoms with Gasteiger partial charge in [0, 0.05) is 57.4 Å². The Hall–Kier alpha value is -4.56. The van der Waals surface area contributed by atoms with Crippen LogP contribution in [0.5, 0.6) is 0 Å². The summed E-state index contributed by atoms with van der Waals surface area (Å²) in [7, 11) is 1.59. The minimum atomic E-state index is -0.225. The third-order valence-corrected chi connectivity index (χ3v) is 6.67. The van der Waals surface area contributed by atoms with Crippen molar-refractivity contribution in [2.75, 3.05) is 49.7 Å². The van der Waals surface area contributed by atoms with Crippen molar-refractivity contribution in [2.45, 2.75) is 19.9 Å². The van der Waals surface area contributed by atoms with Gasteiger partial charge in [-0.3, -0.25) is 0 Å². The minimum absolute atomic E-state index is 0.225. The molecule has 1 saturated heterocycles. The van der Waals surface area contributed by atoms with Crippen molar-refractivity contribution in [3.05, 3.63) is 76.9 Å². The second kappa shape index (κ2) is 11.2. The predicted molar refractivity (Wildman–Crippen MR) is 143 cm³/mol. The van der Waals surface area contributed by atoms with Gasteiger partial charge in [0.2, 0.25) is 5.95 Å². The van der Waals surface area contributed by atoms with Gasteiger partial charge in [0.15, 0.2) is 0 Å². The van der Waals surface area contributed by atoms with Gasteiger partial charge in [0.1, 0.15) is 18.2 Å². The SMILES string of the molecule is CCc1cnc(N2CCN(c3ncc(-c4ccc(-n5cnn(CCOC)c5=O)cc4)cc3C#N)CC2)nc1. The summed E-state index contributed by atoms with van der Waals surface area (Å²) in [5.74, 6) is 1.42. The molecule has 0 bridgehead atoms. The van der Waals surface area contributed by atoms with E-state index in [9.17, 15) is 10.1 Å². The Kier molecular flexibility index (Phi) is 7.42. The Balaban J connectivity index is 1.29. The summed E-state index contributed by atoms with van der Waals surface area (Å²) in [6.45, 7) is 5.84. The highest BCUT2D eigenvalue weighted by Gasteiger charge is 2.22. The van der Waals surface area contributed by atoms with E-state index in [2.05, 4.69) is 42.8 Å². The Bertz CT molecular complexity index is 1480. The molecule has 194 valence electrons. The Morgan fingerprint density at radius 1 is 0.974 bits per heavy atom. The minimum Gasteiger partial charge on any atom is -0.383 e. The highest BCUT2D eigenvalue weighted by Crippen LogP contribution is 2.26. The molecule has 0 saturated carbocycles. The lowest BCUT2D eigenvalue weighted by Crippen LogP contribution is -2.47. The molecule has 3 aromatic heterocycles. The molecule has 1 fully saturated rings. The number of benzene rings is 1. The number of nitriles is 1. The van der Waals surface area contributed by atoms with Gasteiger partial charge in [0.25, 0.3) is 0 Å². The van der Waals surface area contributed by atoms with E-state index in [-0.39, 0.29) is 5.69 Å². The number of hydrogen-bond acceptors (Lipinski definition) is 9. The van der Waals surface area contributed by atoms with E-state index in [0.29, 0.717) is 30.2 Å². The Morgan fingerprint density at radius 3 is 2.34 bits per heavy atom. The summed E-state index contributed by atoms with van der Waals surface area (Å²) >= 11 is 0. The molecule has 1 aliphatic heterocycles. The van der Waals surface area contributed by atoms with E-state index in [0.717, 1.165) is 55.2 Å². The van der Waals surface area contributed by atoms with Gasteiger partial charge in [-0.25, -0.2) is 29.0 Å². The monoisotopic (exact) mass is 511 g/mol. The largest absolute Gasteiger partial charge is 0.383 e.